The number of nitriles is 1. The van der Waals surface area contributed by atoms with Gasteiger partial charge in [0, 0.05) is 5.69 Å². The topological polar surface area (TPSA) is 67.9 Å². The molecular weight excluding hydrogens is 338 g/mol. The van der Waals surface area contributed by atoms with Crippen LogP contribution >= 0.6 is 0 Å². The third-order valence-electron chi connectivity index (χ3n) is 3.97. The van der Waals surface area contributed by atoms with Crippen LogP contribution in [0, 0.1) is 25.2 Å². The van der Waals surface area contributed by atoms with Crippen LogP contribution in [-0.4, -0.2) is 15.7 Å². The maximum absolute atomic E-state index is 12.6. The Labute approximate surface area is 158 Å². The van der Waals surface area contributed by atoms with Crippen molar-refractivity contribution < 1.29 is 9.53 Å². The number of nitrogens with zero attached hydrogens (tertiary/aromatic N) is 3. The van der Waals surface area contributed by atoms with E-state index in [1.807, 2.05) is 54.6 Å². The van der Waals surface area contributed by atoms with Crippen LogP contribution in [0.5, 0.6) is 5.75 Å². The van der Waals surface area contributed by atoms with E-state index in [1.54, 1.807) is 32.1 Å². The summed E-state index contributed by atoms with van der Waals surface area (Å²) >= 11 is 0. The molecule has 3 aromatic rings. The van der Waals surface area contributed by atoms with Gasteiger partial charge in [-0.3, -0.25) is 4.79 Å². The van der Waals surface area contributed by atoms with Gasteiger partial charge in [-0.05, 0) is 49.2 Å². The number of carbonyl (C=O) groups excluding carboxylic acids is 1. The Hall–Kier alpha value is -3.65. The monoisotopic (exact) mass is 357 g/mol. The lowest BCUT2D eigenvalue weighted by Gasteiger charge is -2.07. The lowest BCUT2D eigenvalue weighted by molar-refractivity contribution is 0.0943. The maximum atomic E-state index is 12.6. The van der Waals surface area contributed by atoms with Gasteiger partial charge in [-0.2, -0.15) is 10.4 Å². The predicted octanol–water partition coefficient (Wildman–Crippen LogP) is 4.33. The molecule has 0 unspecified atom stereocenters. The van der Waals surface area contributed by atoms with Crippen LogP contribution < -0.4 is 4.74 Å². The number of ether oxygens (including phenoxy) is 1. The molecular formula is C22H19N3O2. The largest absolute Gasteiger partial charge is 0.489 e. The van der Waals surface area contributed by atoms with Crippen LogP contribution in [0.2, 0.25) is 0 Å². The fourth-order valence-electron chi connectivity index (χ4n) is 2.69. The standard InChI is InChI=1S/C22H19N3O2/c1-16-11-17(2)25(24-16)22(26)20(14-23)12-19-9-6-10-21(13-19)27-15-18-7-4-3-5-8-18/h3-13H,15H2,1-2H3/b20-12+. The number of allylic oxidation sites excluding steroid dienone is 1. The number of aromatic nitrogens is 2. The molecule has 0 fully saturated rings. The SMILES string of the molecule is Cc1cc(C)n(C(=O)/C(C#N)=C/c2cccc(OCc3ccccc3)c2)n1. The van der Waals surface area contributed by atoms with E-state index in [1.165, 1.54) is 4.68 Å². The molecule has 5 nitrogen and oxygen atoms in total. The molecule has 1 heterocycles. The van der Waals surface area contributed by atoms with Crippen LogP contribution in [0.1, 0.15) is 27.3 Å². The van der Waals surface area contributed by atoms with Gasteiger partial charge in [0.05, 0.1) is 5.69 Å². The molecule has 1 aromatic heterocycles. The molecule has 5 heteroatoms. The highest BCUT2D eigenvalue weighted by Gasteiger charge is 2.15. The van der Waals surface area contributed by atoms with Crippen LogP contribution in [0.3, 0.4) is 0 Å². The number of aryl methyl sites for hydroxylation is 2. The quantitative estimate of drug-likeness (QED) is 0.503. The van der Waals surface area contributed by atoms with Crippen molar-refractivity contribution in [2.75, 3.05) is 0 Å². The van der Waals surface area contributed by atoms with E-state index in [9.17, 15) is 10.1 Å². The summed E-state index contributed by atoms with van der Waals surface area (Å²) in [7, 11) is 0. The van der Waals surface area contributed by atoms with Crippen molar-refractivity contribution in [2.24, 2.45) is 0 Å². The average molecular weight is 357 g/mol. The van der Waals surface area contributed by atoms with Crippen LogP contribution in [0.15, 0.2) is 66.2 Å². The Morgan fingerprint density at radius 3 is 2.59 bits per heavy atom. The van der Waals surface area contributed by atoms with Gasteiger partial charge >= 0.3 is 0 Å². The number of hydrogen-bond acceptors (Lipinski definition) is 4. The van der Waals surface area contributed by atoms with Gasteiger partial charge in [-0.25, -0.2) is 4.68 Å². The highest BCUT2D eigenvalue weighted by Crippen LogP contribution is 2.18. The summed E-state index contributed by atoms with van der Waals surface area (Å²) in [6.45, 7) is 4.04. The van der Waals surface area contributed by atoms with Gasteiger partial charge in [0.2, 0.25) is 0 Å². The molecule has 27 heavy (non-hydrogen) atoms. The van der Waals surface area contributed by atoms with E-state index in [0.717, 1.165) is 11.3 Å². The summed E-state index contributed by atoms with van der Waals surface area (Å²) in [5.74, 6) is 0.224. The molecule has 0 amide bonds. The first kappa shape index (κ1) is 18.2. The van der Waals surface area contributed by atoms with E-state index in [2.05, 4.69) is 5.10 Å². The number of carbonyl (C=O) groups is 1. The van der Waals surface area contributed by atoms with Crippen molar-refractivity contribution in [2.45, 2.75) is 20.5 Å². The molecule has 0 spiro atoms. The second-order valence-electron chi connectivity index (χ2n) is 6.16. The zero-order chi connectivity index (χ0) is 19.2. The van der Waals surface area contributed by atoms with Crippen molar-refractivity contribution in [3.05, 3.63) is 88.8 Å². The lowest BCUT2D eigenvalue weighted by atomic mass is 10.1. The molecule has 0 saturated heterocycles. The summed E-state index contributed by atoms with van der Waals surface area (Å²) in [6, 6.07) is 20.9. The molecule has 0 aliphatic carbocycles. The molecule has 3 rings (SSSR count). The highest BCUT2D eigenvalue weighted by molar-refractivity contribution is 6.03. The van der Waals surface area contributed by atoms with Crippen LogP contribution in [-0.2, 0) is 6.61 Å². The zero-order valence-electron chi connectivity index (χ0n) is 15.2. The number of rotatable bonds is 5. The summed E-state index contributed by atoms with van der Waals surface area (Å²) in [6.07, 6.45) is 1.55. The van der Waals surface area contributed by atoms with Gasteiger partial charge in [0.1, 0.15) is 24.0 Å². The molecule has 0 aliphatic heterocycles. The molecule has 0 radical (unpaired) electrons. The van der Waals surface area contributed by atoms with Gasteiger partial charge in [0.15, 0.2) is 0 Å². The first-order valence-corrected chi connectivity index (χ1v) is 8.53. The number of benzene rings is 2. The Balaban J connectivity index is 1.79. The average Bonchev–Trinajstić information content (AvgIpc) is 3.03. The minimum atomic E-state index is -0.446. The third kappa shape index (κ3) is 4.50. The van der Waals surface area contributed by atoms with E-state index in [4.69, 9.17) is 4.74 Å². The van der Waals surface area contributed by atoms with Crippen molar-refractivity contribution in [3.63, 3.8) is 0 Å². The van der Waals surface area contributed by atoms with E-state index < -0.39 is 5.91 Å². The zero-order valence-corrected chi connectivity index (χ0v) is 15.2. The minimum absolute atomic E-state index is 0.0152. The fraction of sp³-hybridized carbons (Fsp3) is 0.136. The fourth-order valence-corrected chi connectivity index (χ4v) is 2.69. The van der Waals surface area contributed by atoms with Gasteiger partial charge < -0.3 is 4.74 Å². The maximum Gasteiger partial charge on any atom is 0.289 e. The molecule has 0 N–H and O–H groups in total. The lowest BCUT2D eigenvalue weighted by Crippen LogP contribution is -2.15. The van der Waals surface area contributed by atoms with Crippen molar-refractivity contribution >= 4 is 12.0 Å². The van der Waals surface area contributed by atoms with Crippen LogP contribution in [0.25, 0.3) is 6.08 Å². The van der Waals surface area contributed by atoms with Crippen LogP contribution in [0.4, 0.5) is 0 Å². The predicted molar refractivity (Wildman–Crippen MR) is 103 cm³/mol. The Morgan fingerprint density at radius 2 is 1.93 bits per heavy atom. The summed E-state index contributed by atoms with van der Waals surface area (Å²) in [5.41, 5.74) is 3.22. The molecule has 0 aliphatic rings. The van der Waals surface area contributed by atoms with Crippen molar-refractivity contribution in [3.8, 4) is 11.8 Å². The summed E-state index contributed by atoms with van der Waals surface area (Å²) < 4.78 is 7.05. The smallest absolute Gasteiger partial charge is 0.289 e. The Bertz CT molecular complexity index is 1030. The van der Waals surface area contributed by atoms with E-state index >= 15 is 0 Å². The Morgan fingerprint density at radius 1 is 1.15 bits per heavy atom. The van der Waals surface area contributed by atoms with E-state index in [-0.39, 0.29) is 5.57 Å². The summed E-state index contributed by atoms with van der Waals surface area (Å²) in [4.78, 5) is 12.6. The first-order chi connectivity index (χ1) is 13.1. The van der Waals surface area contributed by atoms with Gasteiger partial charge in [-0.15, -0.1) is 0 Å². The third-order valence-corrected chi connectivity index (χ3v) is 3.97. The summed E-state index contributed by atoms with van der Waals surface area (Å²) in [5, 5.41) is 13.6. The normalized spacial score (nSPS) is 11.1. The molecule has 134 valence electrons. The van der Waals surface area contributed by atoms with Gasteiger partial charge in [-0.1, -0.05) is 42.5 Å². The van der Waals surface area contributed by atoms with Gasteiger partial charge in [0.25, 0.3) is 5.91 Å². The second-order valence-corrected chi connectivity index (χ2v) is 6.16. The van der Waals surface area contributed by atoms with Crippen molar-refractivity contribution in [1.82, 2.24) is 9.78 Å². The molecule has 0 saturated carbocycles. The minimum Gasteiger partial charge on any atom is -0.489 e. The number of hydrogen-bond donors (Lipinski definition) is 0. The molecule has 0 bridgehead atoms. The molecule has 2 aromatic carbocycles. The highest BCUT2D eigenvalue weighted by atomic mass is 16.5. The second kappa shape index (κ2) is 8.15. The Kier molecular flexibility index (Phi) is 5.48. The molecule has 0 atom stereocenters. The van der Waals surface area contributed by atoms with Crippen molar-refractivity contribution in [1.29, 1.82) is 5.26 Å². The first-order valence-electron chi connectivity index (χ1n) is 8.53. The van der Waals surface area contributed by atoms with E-state index in [0.29, 0.717) is 23.6 Å².